The van der Waals surface area contributed by atoms with Crippen LogP contribution in [0.3, 0.4) is 0 Å². The summed E-state index contributed by atoms with van der Waals surface area (Å²) in [4.78, 5) is 2.01. The Morgan fingerprint density at radius 3 is 2.71 bits per heavy atom. The van der Waals surface area contributed by atoms with Crippen LogP contribution in [0.25, 0.3) is 0 Å². The molecule has 0 spiro atoms. The summed E-state index contributed by atoms with van der Waals surface area (Å²) in [6.45, 7) is 7.85. The van der Waals surface area contributed by atoms with Gasteiger partial charge in [-0.2, -0.15) is 0 Å². The predicted octanol–water partition coefficient (Wildman–Crippen LogP) is 3.07. The summed E-state index contributed by atoms with van der Waals surface area (Å²) in [6, 6.07) is 5.48. The van der Waals surface area contributed by atoms with Crippen molar-refractivity contribution >= 4 is 5.69 Å². The zero-order chi connectivity index (χ0) is 15.5. The Kier molecular flexibility index (Phi) is 5.22. The summed E-state index contributed by atoms with van der Waals surface area (Å²) >= 11 is 0. The van der Waals surface area contributed by atoms with Crippen molar-refractivity contribution in [3.8, 4) is 0 Å². The topological polar surface area (TPSA) is 35.5 Å². The molecule has 0 bridgehead atoms. The van der Waals surface area contributed by atoms with Crippen molar-refractivity contribution in [3.63, 3.8) is 0 Å². The number of anilines is 1. The summed E-state index contributed by atoms with van der Waals surface area (Å²) in [5, 5.41) is 12.8. The number of aliphatic hydroxyl groups is 1. The molecule has 1 aliphatic heterocycles. The van der Waals surface area contributed by atoms with E-state index in [1.54, 1.807) is 6.07 Å². The summed E-state index contributed by atoms with van der Waals surface area (Å²) < 4.78 is 14.4. The molecule has 4 heteroatoms. The SMILES string of the molecule is CC(C)(C)NCc1ccc(N2CCCCC2CO)c(F)c1. The Morgan fingerprint density at radius 2 is 2.10 bits per heavy atom. The molecule has 0 amide bonds. The van der Waals surface area contributed by atoms with E-state index in [2.05, 4.69) is 26.1 Å². The maximum atomic E-state index is 14.4. The molecule has 0 aromatic heterocycles. The predicted molar refractivity (Wildman–Crippen MR) is 85.1 cm³/mol. The molecule has 2 N–H and O–H groups in total. The van der Waals surface area contributed by atoms with Crippen LogP contribution in [0.5, 0.6) is 0 Å². The van der Waals surface area contributed by atoms with Crippen LogP contribution < -0.4 is 10.2 Å². The zero-order valence-electron chi connectivity index (χ0n) is 13.3. The molecule has 2 rings (SSSR count). The highest BCUT2D eigenvalue weighted by Crippen LogP contribution is 2.27. The van der Waals surface area contributed by atoms with Crippen LogP contribution in [0.15, 0.2) is 18.2 Å². The second-order valence-electron chi connectivity index (χ2n) is 6.91. The molecule has 0 aliphatic carbocycles. The van der Waals surface area contributed by atoms with E-state index in [1.165, 1.54) is 0 Å². The highest BCUT2D eigenvalue weighted by Gasteiger charge is 2.24. The van der Waals surface area contributed by atoms with Crippen molar-refractivity contribution < 1.29 is 9.50 Å². The van der Waals surface area contributed by atoms with Crippen molar-refractivity contribution in [2.24, 2.45) is 0 Å². The van der Waals surface area contributed by atoms with Crippen molar-refractivity contribution in [2.75, 3.05) is 18.1 Å². The number of rotatable bonds is 4. The summed E-state index contributed by atoms with van der Waals surface area (Å²) in [6.07, 6.45) is 3.10. The third-order valence-electron chi connectivity index (χ3n) is 3.98. The second kappa shape index (κ2) is 6.75. The van der Waals surface area contributed by atoms with E-state index in [1.807, 2.05) is 17.0 Å². The van der Waals surface area contributed by atoms with Gasteiger partial charge in [-0.1, -0.05) is 6.07 Å². The molecule has 21 heavy (non-hydrogen) atoms. The first-order chi connectivity index (χ1) is 9.90. The van der Waals surface area contributed by atoms with Crippen LogP contribution in [0.2, 0.25) is 0 Å². The minimum atomic E-state index is -0.191. The lowest BCUT2D eigenvalue weighted by molar-refractivity contribution is 0.239. The number of halogens is 1. The van der Waals surface area contributed by atoms with Crippen LogP contribution in [0.4, 0.5) is 10.1 Å². The van der Waals surface area contributed by atoms with Gasteiger partial charge in [-0.3, -0.25) is 0 Å². The Morgan fingerprint density at radius 1 is 1.33 bits per heavy atom. The molecule has 1 atom stereocenters. The highest BCUT2D eigenvalue weighted by atomic mass is 19.1. The fourth-order valence-electron chi connectivity index (χ4n) is 2.77. The van der Waals surface area contributed by atoms with Gasteiger partial charge in [0.05, 0.1) is 18.3 Å². The fraction of sp³-hybridized carbons (Fsp3) is 0.647. The highest BCUT2D eigenvalue weighted by molar-refractivity contribution is 5.50. The van der Waals surface area contributed by atoms with Crippen LogP contribution in [0, 0.1) is 5.82 Å². The van der Waals surface area contributed by atoms with Crippen molar-refractivity contribution in [2.45, 2.75) is 58.2 Å². The van der Waals surface area contributed by atoms with Gasteiger partial charge in [0, 0.05) is 18.6 Å². The average molecular weight is 294 g/mol. The number of nitrogens with zero attached hydrogens (tertiary/aromatic N) is 1. The molecule has 0 radical (unpaired) electrons. The van der Waals surface area contributed by atoms with E-state index < -0.39 is 0 Å². The number of piperidine rings is 1. The molecule has 0 saturated carbocycles. The lowest BCUT2D eigenvalue weighted by Crippen LogP contribution is -2.42. The quantitative estimate of drug-likeness (QED) is 0.896. The Hall–Kier alpha value is -1.13. The van der Waals surface area contributed by atoms with Crippen LogP contribution in [0.1, 0.15) is 45.6 Å². The maximum Gasteiger partial charge on any atom is 0.146 e. The first kappa shape index (κ1) is 16.2. The maximum absolute atomic E-state index is 14.4. The normalized spacial score (nSPS) is 19.9. The van der Waals surface area contributed by atoms with Gasteiger partial charge in [-0.25, -0.2) is 4.39 Å². The molecule has 1 saturated heterocycles. The van der Waals surface area contributed by atoms with Gasteiger partial charge in [-0.15, -0.1) is 0 Å². The second-order valence-corrected chi connectivity index (χ2v) is 6.91. The van der Waals surface area contributed by atoms with Crippen molar-refractivity contribution in [3.05, 3.63) is 29.6 Å². The largest absolute Gasteiger partial charge is 0.394 e. The Balaban J connectivity index is 2.11. The molecule has 1 aliphatic rings. The monoisotopic (exact) mass is 294 g/mol. The first-order valence-electron chi connectivity index (χ1n) is 7.81. The molecular formula is C17H27FN2O. The summed E-state index contributed by atoms with van der Waals surface area (Å²) in [5.74, 6) is -0.191. The molecule has 1 unspecified atom stereocenters. The van der Waals surface area contributed by atoms with E-state index in [-0.39, 0.29) is 24.0 Å². The van der Waals surface area contributed by atoms with Crippen LogP contribution in [-0.4, -0.2) is 29.8 Å². The van der Waals surface area contributed by atoms with Gasteiger partial charge in [0.1, 0.15) is 5.82 Å². The van der Waals surface area contributed by atoms with Gasteiger partial charge in [0.2, 0.25) is 0 Å². The molecule has 1 aromatic carbocycles. The van der Waals surface area contributed by atoms with Crippen molar-refractivity contribution in [1.29, 1.82) is 0 Å². The molecule has 1 fully saturated rings. The third kappa shape index (κ3) is 4.42. The molecular weight excluding hydrogens is 267 g/mol. The van der Waals surface area contributed by atoms with Gasteiger partial charge in [0.15, 0.2) is 0 Å². The van der Waals surface area contributed by atoms with Gasteiger partial charge in [-0.05, 0) is 57.7 Å². The zero-order valence-corrected chi connectivity index (χ0v) is 13.3. The first-order valence-corrected chi connectivity index (χ1v) is 7.81. The molecule has 118 valence electrons. The average Bonchev–Trinajstić information content (AvgIpc) is 2.44. The van der Waals surface area contributed by atoms with Crippen LogP contribution >= 0.6 is 0 Å². The summed E-state index contributed by atoms with van der Waals surface area (Å²) in [5.41, 5.74) is 1.58. The third-order valence-corrected chi connectivity index (χ3v) is 3.98. The minimum absolute atomic E-state index is 0.0179. The van der Waals surface area contributed by atoms with Crippen molar-refractivity contribution in [1.82, 2.24) is 5.32 Å². The van der Waals surface area contributed by atoms with Gasteiger partial charge in [0.25, 0.3) is 0 Å². The Labute approximate surface area is 127 Å². The standard InChI is InChI=1S/C17H27FN2O/c1-17(2,3)19-11-13-7-8-16(15(18)10-13)20-9-5-4-6-14(20)12-21/h7-8,10,14,19,21H,4-6,9,11-12H2,1-3H3. The van der Waals surface area contributed by atoms with E-state index in [0.29, 0.717) is 12.2 Å². The lowest BCUT2D eigenvalue weighted by atomic mass is 10.0. The van der Waals surface area contributed by atoms with E-state index in [4.69, 9.17) is 0 Å². The van der Waals surface area contributed by atoms with Gasteiger partial charge < -0.3 is 15.3 Å². The number of hydrogen-bond donors (Lipinski definition) is 2. The lowest BCUT2D eigenvalue weighted by Gasteiger charge is -2.36. The van der Waals surface area contributed by atoms with E-state index >= 15 is 0 Å². The van der Waals surface area contributed by atoms with Crippen LogP contribution in [-0.2, 0) is 6.54 Å². The summed E-state index contributed by atoms with van der Waals surface area (Å²) in [7, 11) is 0. The number of hydrogen-bond acceptors (Lipinski definition) is 3. The van der Waals surface area contributed by atoms with E-state index in [9.17, 15) is 9.50 Å². The Bertz CT molecular complexity index is 470. The molecule has 1 aromatic rings. The molecule has 1 heterocycles. The minimum Gasteiger partial charge on any atom is -0.394 e. The fourth-order valence-corrected chi connectivity index (χ4v) is 2.77. The van der Waals surface area contributed by atoms with E-state index in [0.717, 1.165) is 31.4 Å². The number of aliphatic hydroxyl groups excluding tert-OH is 1. The number of benzene rings is 1. The number of nitrogens with one attached hydrogen (secondary N) is 1. The van der Waals surface area contributed by atoms with Gasteiger partial charge >= 0.3 is 0 Å². The molecule has 3 nitrogen and oxygen atoms in total. The smallest absolute Gasteiger partial charge is 0.146 e.